The number of esters is 1. The molecular weight excluding hydrogens is 224 g/mol. The van der Waals surface area contributed by atoms with Crippen LogP contribution < -0.4 is 0 Å². The smallest absolute Gasteiger partial charge is 0.313 e. The Labute approximate surface area is 110 Å². The minimum absolute atomic E-state index is 0.0831. The van der Waals surface area contributed by atoms with Crippen molar-refractivity contribution < 1.29 is 9.53 Å². The first-order chi connectivity index (χ1) is 8.79. The summed E-state index contributed by atoms with van der Waals surface area (Å²) >= 11 is 0. The fraction of sp³-hybridized carbons (Fsp3) is 0.562. The van der Waals surface area contributed by atoms with Gasteiger partial charge >= 0.3 is 5.97 Å². The number of benzene rings is 1. The highest BCUT2D eigenvalue weighted by Gasteiger charge is 2.19. The van der Waals surface area contributed by atoms with Crippen molar-refractivity contribution in [2.24, 2.45) is 0 Å². The number of rotatable bonds is 8. The van der Waals surface area contributed by atoms with Gasteiger partial charge in [0.25, 0.3) is 0 Å². The molecule has 0 N–H and O–H groups in total. The predicted molar refractivity (Wildman–Crippen MR) is 74.6 cm³/mol. The van der Waals surface area contributed by atoms with Crippen molar-refractivity contribution in [3.8, 4) is 0 Å². The van der Waals surface area contributed by atoms with Crippen LogP contribution in [0.2, 0.25) is 0 Å². The molecule has 0 amide bonds. The maximum Gasteiger partial charge on any atom is 0.313 e. The monoisotopic (exact) mass is 248 g/mol. The molecule has 0 heterocycles. The second-order valence-electron chi connectivity index (χ2n) is 4.60. The molecule has 0 radical (unpaired) electrons. The zero-order valence-corrected chi connectivity index (χ0v) is 11.5. The molecule has 0 saturated carbocycles. The molecule has 1 aromatic carbocycles. The molecule has 0 saturated heterocycles. The van der Waals surface area contributed by atoms with Gasteiger partial charge in [0.05, 0.1) is 12.5 Å². The van der Waals surface area contributed by atoms with Crippen molar-refractivity contribution >= 4 is 5.97 Å². The zero-order valence-electron chi connectivity index (χ0n) is 11.5. The van der Waals surface area contributed by atoms with Crippen molar-refractivity contribution in [1.29, 1.82) is 0 Å². The fourth-order valence-electron chi connectivity index (χ4n) is 2.03. The van der Waals surface area contributed by atoms with Gasteiger partial charge in [-0.1, -0.05) is 63.4 Å². The SMILES string of the molecule is CCCCCCOC(=O)C(CC)c1ccccc1. The lowest BCUT2D eigenvalue weighted by atomic mass is 9.97. The average Bonchev–Trinajstić information content (AvgIpc) is 2.40. The standard InChI is InChI=1S/C16H24O2/c1-3-5-6-10-13-18-16(17)15(4-2)14-11-8-7-9-12-14/h7-9,11-12,15H,3-6,10,13H2,1-2H3. The Kier molecular flexibility index (Phi) is 7.16. The molecule has 0 fully saturated rings. The van der Waals surface area contributed by atoms with Gasteiger partial charge in [0.1, 0.15) is 0 Å². The summed E-state index contributed by atoms with van der Waals surface area (Å²) in [6, 6.07) is 9.88. The lowest BCUT2D eigenvalue weighted by Gasteiger charge is -2.14. The van der Waals surface area contributed by atoms with E-state index in [1.54, 1.807) is 0 Å². The van der Waals surface area contributed by atoms with E-state index in [9.17, 15) is 4.79 Å². The number of unbranched alkanes of at least 4 members (excludes halogenated alkanes) is 3. The highest BCUT2D eigenvalue weighted by molar-refractivity contribution is 5.78. The summed E-state index contributed by atoms with van der Waals surface area (Å²) in [6.07, 6.45) is 5.33. The third-order valence-corrected chi connectivity index (χ3v) is 3.14. The minimum Gasteiger partial charge on any atom is -0.465 e. The molecule has 0 aromatic heterocycles. The normalized spacial score (nSPS) is 12.1. The van der Waals surface area contributed by atoms with E-state index in [1.807, 2.05) is 37.3 Å². The van der Waals surface area contributed by atoms with Gasteiger partial charge < -0.3 is 4.74 Å². The van der Waals surface area contributed by atoms with Crippen LogP contribution in [0.3, 0.4) is 0 Å². The fourth-order valence-corrected chi connectivity index (χ4v) is 2.03. The van der Waals surface area contributed by atoms with Crippen LogP contribution in [0.25, 0.3) is 0 Å². The quantitative estimate of drug-likeness (QED) is 0.506. The van der Waals surface area contributed by atoms with Crippen molar-refractivity contribution in [1.82, 2.24) is 0 Å². The molecule has 0 aliphatic rings. The number of carbonyl (C=O) groups is 1. The zero-order chi connectivity index (χ0) is 13.2. The molecule has 0 spiro atoms. The van der Waals surface area contributed by atoms with Crippen LogP contribution in [0, 0.1) is 0 Å². The Morgan fingerprint density at radius 2 is 1.83 bits per heavy atom. The molecular formula is C16H24O2. The highest BCUT2D eigenvalue weighted by Crippen LogP contribution is 2.20. The summed E-state index contributed by atoms with van der Waals surface area (Å²) < 4.78 is 5.36. The van der Waals surface area contributed by atoms with Crippen LogP contribution in [-0.4, -0.2) is 12.6 Å². The molecule has 2 nitrogen and oxygen atoms in total. The summed E-state index contributed by atoms with van der Waals surface area (Å²) in [5.41, 5.74) is 1.05. The molecule has 2 heteroatoms. The van der Waals surface area contributed by atoms with Crippen LogP contribution in [0.5, 0.6) is 0 Å². The Bertz CT molecular complexity index is 332. The van der Waals surface area contributed by atoms with E-state index < -0.39 is 0 Å². The second-order valence-corrected chi connectivity index (χ2v) is 4.60. The van der Waals surface area contributed by atoms with E-state index in [0.29, 0.717) is 6.61 Å². The first-order valence-corrected chi connectivity index (χ1v) is 7.01. The molecule has 18 heavy (non-hydrogen) atoms. The maximum absolute atomic E-state index is 12.0. The Balaban J connectivity index is 2.39. The summed E-state index contributed by atoms with van der Waals surface area (Å²) in [7, 11) is 0. The Hall–Kier alpha value is -1.31. The highest BCUT2D eigenvalue weighted by atomic mass is 16.5. The van der Waals surface area contributed by atoms with Gasteiger partial charge in [-0.3, -0.25) is 4.79 Å². The maximum atomic E-state index is 12.0. The number of hydrogen-bond acceptors (Lipinski definition) is 2. The molecule has 100 valence electrons. The van der Waals surface area contributed by atoms with E-state index in [0.717, 1.165) is 24.8 Å². The van der Waals surface area contributed by atoms with Gasteiger partial charge in [-0.05, 0) is 18.4 Å². The summed E-state index contributed by atoms with van der Waals surface area (Å²) in [4.78, 5) is 12.0. The van der Waals surface area contributed by atoms with Crippen molar-refractivity contribution in [3.63, 3.8) is 0 Å². The first kappa shape index (κ1) is 14.7. The van der Waals surface area contributed by atoms with E-state index in [1.165, 1.54) is 12.8 Å². The molecule has 0 bridgehead atoms. The lowest BCUT2D eigenvalue weighted by Crippen LogP contribution is -2.16. The topological polar surface area (TPSA) is 26.3 Å². The largest absolute Gasteiger partial charge is 0.465 e. The van der Waals surface area contributed by atoms with Crippen LogP contribution in [0.1, 0.15) is 57.4 Å². The van der Waals surface area contributed by atoms with Crippen LogP contribution >= 0.6 is 0 Å². The van der Waals surface area contributed by atoms with Gasteiger partial charge in [-0.2, -0.15) is 0 Å². The molecule has 1 unspecified atom stereocenters. The minimum atomic E-state index is -0.114. The van der Waals surface area contributed by atoms with Crippen LogP contribution in [0.4, 0.5) is 0 Å². The van der Waals surface area contributed by atoms with E-state index in [-0.39, 0.29) is 11.9 Å². The summed E-state index contributed by atoms with van der Waals surface area (Å²) in [5, 5.41) is 0. The lowest BCUT2D eigenvalue weighted by molar-refractivity contribution is -0.145. The first-order valence-electron chi connectivity index (χ1n) is 7.01. The van der Waals surface area contributed by atoms with Crippen molar-refractivity contribution in [2.45, 2.75) is 51.9 Å². The Morgan fingerprint density at radius 3 is 2.44 bits per heavy atom. The van der Waals surface area contributed by atoms with Gasteiger partial charge in [-0.25, -0.2) is 0 Å². The van der Waals surface area contributed by atoms with Gasteiger partial charge in [0, 0.05) is 0 Å². The van der Waals surface area contributed by atoms with Gasteiger partial charge in [-0.15, -0.1) is 0 Å². The third kappa shape index (κ3) is 4.91. The average molecular weight is 248 g/mol. The molecule has 1 rings (SSSR count). The number of carbonyl (C=O) groups excluding carboxylic acids is 1. The van der Waals surface area contributed by atoms with E-state index in [4.69, 9.17) is 4.74 Å². The summed E-state index contributed by atoms with van der Waals surface area (Å²) in [6.45, 7) is 4.76. The molecule has 1 aromatic rings. The third-order valence-electron chi connectivity index (χ3n) is 3.14. The molecule has 1 atom stereocenters. The van der Waals surface area contributed by atoms with Gasteiger partial charge in [0.2, 0.25) is 0 Å². The molecule has 0 aliphatic heterocycles. The summed E-state index contributed by atoms with van der Waals surface area (Å²) in [5.74, 6) is -0.197. The van der Waals surface area contributed by atoms with Crippen LogP contribution in [-0.2, 0) is 9.53 Å². The van der Waals surface area contributed by atoms with E-state index in [2.05, 4.69) is 6.92 Å². The number of ether oxygens (including phenoxy) is 1. The van der Waals surface area contributed by atoms with Gasteiger partial charge in [0.15, 0.2) is 0 Å². The van der Waals surface area contributed by atoms with Crippen molar-refractivity contribution in [2.75, 3.05) is 6.61 Å². The van der Waals surface area contributed by atoms with E-state index >= 15 is 0 Å². The van der Waals surface area contributed by atoms with Crippen molar-refractivity contribution in [3.05, 3.63) is 35.9 Å². The number of hydrogen-bond donors (Lipinski definition) is 0. The Morgan fingerprint density at radius 1 is 1.11 bits per heavy atom. The second kappa shape index (κ2) is 8.73. The van der Waals surface area contributed by atoms with Crippen LogP contribution in [0.15, 0.2) is 30.3 Å². The predicted octanol–water partition coefficient (Wildman–Crippen LogP) is 4.30. The molecule has 0 aliphatic carbocycles.